The number of likely N-dealkylation sites (tertiary alicyclic amines) is 1. The number of carbonyl (C=O) groups excluding carboxylic acids is 2. The number of primary sulfonamides is 1. The number of anilines is 1. The molecule has 2 rings (SSSR count). The first-order chi connectivity index (χ1) is 11.0. The van der Waals surface area contributed by atoms with Crippen LogP contribution in [-0.2, 0) is 19.6 Å². The third kappa shape index (κ3) is 4.03. The van der Waals surface area contributed by atoms with Gasteiger partial charge in [-0.2, -0.15) is 13.2 Å². The van der Waals surface area contributed by atoms with E-state index in [2.05, 4.69) is 5.32 Å². The van der Waals surface area contributed by atoms with E-state index in [0.717, 1.165) is 12.1 Å². The number of halogens is 3. The molecule has 24 heavy (non-hydrogen) atoms. The molecule has 1 saturated heterocycles. The number of benzene rings is 1. The van der Waals surface area contributed by atoms with Gasteiger partial charge in [-0.3, -0.25) is 9.59 Å². The molecule has 0 aliphatic carbocycles. The summed E-state index contributed by atoms with van der Waals surface area (Å²) in [5.41, 5.74) is 0.179. The average molecular weight is 365 g/mol. The fourth-order valence-electron chi connectivity index (χ4n) is 2.40. The monoisotopic (exact) mass is 365 g/mol. The summed E-state index contributed by atoms with van der Waals surface area (Å²) in [5, 5.41) is 7.30. The van der Waals surface area contributed by atoms with Crippen molar-refractivity contribution in [3.05, 3.63) is 24.3 Å². The second-order valence-corrected chi connectivity index (χ2v) is 6.77. The molecule has 1 fully saturated rings. The molecule has 0 bridgehead atoms. The van der Waals surface area contributed by atoms with Gasteiger partial charge in [0.1, 0.15) is 6.04 Å². The van der Waals surface area contributed by atoms with Crippen molar-refractivity contribution >= 4 is 27.5 Å². The number of rotatable bonds is 3. The van der Waals surface area contributed by atoms with Crippen LogP contribution in [0.3, 0.4) is 0 Å². The molecule has 11 heteroatoms. The van der Waals surface area contributed by atoms with Crippen molar-refractivity contribution in [1.82, 2.24) is 4.90 Å². The van der Waals surface area contributed by atoms with Gasteiger partial charge < -0.3 is 10.2 Å². The van der Waals surface area contributed by atoms with Crippen LogP contribution in [-0.4, -0.2) is 43.9 Å². The Bertz CT molecular complexity index is 747. The van der Waals surface area contributed by atoms with Crippen LogP contribution >= 0.6 is 0 Å². The molecule has 0 aromatic heterocycles. The second-order valence-electron chi connectivity index (χ2n) is 5.21. The van der Waals surface area contributed by atoms with E-state index < -0.39 is 34.1 Å². The minimum atomic E-state index is -5.04. The van der Waals surface area contributed by atoms with Gasteiger partial charge in [-0.25, -0.2) is 13.6 Å². The fraction of sp³-hybridized carbons (Fsp3) is 0.385. The molecule has 0 radical (unpaired) electrons. The highest BCUT2D eigenvalue weighted by atomic mass is 32.2. The SMILES string of the molecule is NS(=O)(=O)c1ccc(NC(=O)C2CCCN2C(=O)C(F)(F)F)cc1. The van der Waals surface area contributed by atoms with Crippen LogP contribution in [0.4, 0.5) is 18.9 Å². The molecule has 1 aliphatic rings. The van der Waals surface area contributed by atoms with Crippen molar-refractivity contribution in [3.8, 4) is 0 Å². The molecule has 7 nitrogen and oxygen atoms in total. The van der Waals surface area contributed by atoms with Crippen LogP contribution in [0, 0.1) is 0 Å². The molecule has 1 aromatic rings. The Kier molecular flexibility index (Phi) is 4.85. The average Bonchev–Trinajstić information content (AvgIpc) is 2.94. The largest absolute Gasteiger partial charge is 0.471 e. The highest BCUT2D eigenvalue weighted by Crippen LogP contribution is 2.26. The molecule has 1 atom stereocenters. The molecule has 1 aliphatic heterocycles. The third-order valence-electron chi connectivity index (χ3n) is 3.51. The van der Waals surface area contributed by atoms with E-state index >= 15 is 0 Å². The van der Waals surface area contributed by atoms with E-state index in [1.807, 2.05) is 0 Å². The number of hydrogen-bond acceptors (Lipinski definition) is 4. The van der Waals surface area contributed by atoms with E-state index in [9.17, 15) is 31.2 Å². The van der Waals surface area contributed by atoms with E-state index in [0.29, 0.717) is 4.90 Å². The van der Waals surface area contributed by atoms with Gasteiger partial charge in [0.15, 0.2) is 0 Å². The number of hydrogen-bond donors (Lipinski definition) is 2. The lowest BCUT2D eigenvalue weighted by Gasteiger charge is -2.24. The first-order valence-corrected chi connectivity index (χ1v) is 8.36. The van der Waals surface area contributed by atoms with E-state index in [1.165, 1.54) is 12.1 Å². The smallest absolute Gasteiger partial charge is 0.324 e. The Morgan fingerprint density at radius 3 is 2.29 bits per heavy atom. The van der Waals surface area contributed by atoms with Gasteiger partial charge in [-0.05, 0) is 37.1 Å². The van der Waals surface area contributed by atoms with Crippen LogP contribution in [0.2, 0.25) is 0 Å². The predicted molar refractivity (Wildman–Crippen MR) is 77.2 cm³/mol. The number of amides is 2. The number of nitrogens with two attached hydrogens (primary N) is 1. The highest BCUT2D eigenvalue weighted by molar-refractivity contribution is 7.89. The summed E-state index contributed by atoms with van der Waals surface area (Å²) < 4.78 is 59.8. The van der Waals surface area contributed by atoms with Crippen molar-refractivity contribution < 1.29 is 31.2 Å². The lowest BCUT2D eigenvalue weighted by molar-refractivity contribution is -0.186. The molecule has 0 saturated carbocycles. The molecule has 2 amide bonds. The Morgan fingerprint density at radius 1 is 1.21 bits per heavy atom. The summed E-state index contributed by atoms with van der Waals surface area (Å²) in [6.45, 7) is -0.152. The van der Waals surface area contributed by atoms with Gasteiger partial charge in [0.2, 0.25) is 15.9 Å². The van der Waals surface area contributed by atoms with Gasteiger partial charge in [0.05, 0.1) is 4.90 Å². The van der Waals surface area contributed by atoms with E-state index in [1.54, 1.807) is 0 Å². The van der Waals surface area contributed by atoms with E-state index in [-0.39, 0.29) is 30.0 Å². The Balaban J connectivity index is 2.10. The zero-order valence-corrected chi connectivity index (χ0v) is 13.0. The normalized spacial score (nSPS) is 18.5. The number of carbonyl (C=O) groups is 2. The standard InChI is InChI=1S/C13H14F3N3O4S/c14-13(15,16)12(21)19-7-1-2-10(19)11(20)18-8-3-5-9(6-4-8)24(17,22)23/h3-6,10H,1-2,7H2,(H,18,20)(H2,17,22,23). The fourth-order valence-corrected chi connectivity index (χ4v) is 2.91. The number of nitrogens with zero attached hydrogens (tertiary/aromatic N) is 1. The van der Waals surface area contributed by atoms with Crippen LogP contribution < -0.4 is 10.5 Å². The zero-order chi connectivity index (χ0) is 18.1. The molecule has 1 heterocycles. The van der Waals surface area contributed by atoms with Crippen molar-refractivity contribution in [2.24, 2.45) is 5.14 Å². The van der Waals surface area contributed by atoms with Gasteiger partial charge in [-0.15, -0.1) is 0 Å². The quantitative estimate of drug-likeness (QED) is 0.826. The maximum atomic E-state index is 12.5. The van der Waals surface area contributed by atoms with Gasteiger partial charge in [-0.1, -0.05) is 0 Å². The van der Waals surface area contributed by atoms with Gasteiger partial charge in [0.25, 0.3) is 0 Å². The van der Waals surface area contributed by atoms with Crippen molar-refractivity contribution in [2.75, 3.05) is 11.9 Å². The molecule has 1 unspecified atom stereocenters. The van der Waals surface area contributed by atoms with Gasteiger partial charge >= 0.3 is 12.1 Å². The first kappa shape index (κ1) is 18.2. The second kappa shape index (κ2) is 6.40. The number of nitrogens with one attached hydrogen (secondary N) is 1. The van der Waals surface area contributed by atoms with Crippen molar-refractivity contribution in [2.45, 2.75) is 30.0 Å². The lowest BCUT2D eigenvalue weighted by Crippen LogP contribution is -2.48. The summed E-state index contributed by atoms with van der Waals surface area (Å²) in [6.07, 6.45) is -4.65. The summed E-state index contributed by atoms with van der Waals surface area (Å²) in [6, 6.07) is 3.58. The summed E-state index contributed by atoms with van der Waals surface area (Å²) >= 11 is 0. The Labute approximate surface area is 135 Å². The van der Waals surface area contributed by atoms with Crippen LogP contribution in [0.25, 0.3) is 0 Å². The number of sulfonamides is 1. The maximum Gasteiger partial charge on any atom is 0.471 e. The molecule has 0 spiro atoms. The topological polar surface area (TPSA) is 110 Å². The molecular formula is C13H14F3N3O4S. The van der Waals surface area contributed by atoms with Crippen LogP contribution in [0.5, 0.6) is 0 Å². The zero-order valence-electron chi connectivity index (χ0n) is 12.2. The summed E-state index contributed by atoms with van der Waals surface area (Å²) in [5.74, 6) is -2.82. The van der Waals surface area contributed by atoms with Crippen molar-refractivity contribution in [1.29, 1.82) is 0 Å². The Morgan fingerprint density at radius 2 is 1.79 bits per heavy atom. The number of alkyl halides is 3. The highest BCUT2D eigenvalue weighted by Gasteiger charge is 2.47. The third-order valence-corrected chi connectivity index (χ3v) is 4.44. The van der Waals surface area contributed by atoms with Gasteiger partial charge in [0, 0.05) is 12.2 Å². The summed E-state index contributed by atoms with van der Waals surface area (Å²) in [7, 11) is -3.89. The summed E-state index contributed by atoms with van der Waals surface area (Å²) in [4.78, 5) is 23.8. The molecule has 1 aromatic carbocycles. The first-order valence-electron chi connectivity index (χ1n) is 6.81. The maximum absolute atomic E-state index is 12.5. The van der Waals surface area contributed by atoms with Crippen LogP contribution in [0.15, 0.2) is 29.2 Å². The predicted octanol–water partition coefficient (Wildman–Crippen LogP) is 0.826. The lowest BCUT2D eigenvalue weighted by atomic mass is 10.2. The molecule has 3 N–H and O–H groups in total. The minimum absolute atomic E-state index is 0.114. The molecule has 132 valence electrons. The Hall–Kier alpha value is -2.14. The van der Waals surface area contributed by atoms with Crippen LogP contribution in [0.1, 0.15) is 12.8 Å². The van der Waals surface area contributed by atoms with Crippen molar-refractivity contribution in [3.63, 3.8) is 0 Å². The van der Waals surface area contributed by atoms with E-state index in [4.69, 9.17) is 5.14 Å². The molecular weight excluding hydrogens is 351 g/mol. The minimum Gasteiger partial charge on any atom is -0.324 e.